The van der Waals surface area contributed by atoms with Crippen molar-refractivity contribution in [2.75, 3.05) is 5.32 Å². The molecule has 2 aromatic heterocycles. The fourth-order valence-electron chi connectivity index (χ4n) is 1.93. The molecule has 0 aliphatic rings. The van der Waals surface area contributed by atoms with Crippen molar-refractivity contribution < 1.29 is 9.18 Å². The first kappa shape index (κ1) is 11.4. The van der Waals surface area contributed by atoms with Gasteiger partial charge in [0.15, 0.2) is 0 Å². The van der Waals surface area contributed by atoms with Crippen LogP contribution in [-0.4, -0.2) is 15.9 Å². The van der Waals surface area contributed by atoms with Crippen molar-refractivity contribution in [1.82, 2.24) is 9.97 Å². The fraction of sp³-hybridized carbons (Fsp3) is 0. The number of amides is 1. The molecule has 0 radical (unpaired) electrons. The summed E-state index contributed by atoms with van der Waals surface area (Å²) in [6.45, 7) is 0. The predicted octanol–water partition coefficient (Wildman–Crippen LogP) is 2.95. The van der Waals surface area contributed by atoms with Crippen LogP contribution in [0.2, 0.25) is 0 Å². The molecule has 0 unspecified atom stereocenters. The van der Waals surface area contributed by atoms with E-state index in [1.165, 1.54) is 18.3 Å². The summed E-state index contributed by atoms with van der Waals surface area (Å²) in [6.07, 6.45) is 3.06. The van der Waals surface area contributed by atoms with E-state index < -0.39 is 5.95 Å². The van der Waals surface area contributed by atoms with Crippen molar-refractivity contribution in [2.24, 2.45) is 0 Å². The van der Waals surface area contributed by atoms with Crippen LogP contribution in [0.3, 0.4) is 0 Å². The summed E-state index contributed by atoms with van der Waals surface area (Å²) in [5.41, 5.74) is 1.91. The number of rotatable bonds is 2. The van der Waals surface area contributed by atoms with Crippen LogP contribution in [0.5, 0.6) is 0 Å². The maximum Gasteiger partial charge on any atom is 0.256 e. The molecule has 5 heteroatoms. The second-order valence-corrected chi connectivity index (χ2v) is 4.07. The number of nitrogens with zero attached hydrogens (tertiary/aromatic N) is 1. The zero-order valence-corrected chi connectivity index (χ0v) is 9.85. The molecule has 1 amide bonds. The summed E-state index contributed by atoms with van der Waals surface area (Å²) in [5.74, 6) is -0.829. The lowest BCUT2D eigenvalue weighted by Gasteiger charge is -2.05. The Morgan fingerprint density at radius 2 is 2.11 bits per heavy atom. The molecular weight excluding hydrogens is 245 g/mol. The summed E-state index contributed by atoms with van der Waals surface area (Å²) in [4.78, 5) is 18.7. The number of halogens is 1. The zero-order valence-electron chi connectivity index (χ0n) is 9.85. The van der Waals surface area contributed by atoms with Gasteiger partial charge in [-0.05, 0) is 30.3 Å². The summed E-state index contributed by atoms with van der Waals surface area (Å²) in [6, 6.07) is 9.95. The number of carbonyl (C=O) groups excluding carboxylic acids is 1. The van der Waals surface area contributed by atoms with E-state index in [4.69, 9.17) is 0 Å². The molecular formula is C14H10FN3O. The number of anilines is 1. The molecule has 0 spiro atoms. The minimum atomic E-state index is -0.578. The Morgan fingerprint density at radius 1 is 1.21 bits per heavy atom. The van der Waals surface area contributed by atoms with Crippen LogP contribution in [0.4, 0.5) is 10.1 Å². The number of aromatic nitrogens is 2. The monoisotopic (exact) mass is 255 g/mol. The topological polar surface area (TPSA) is 57.8 Å². The zero-order chi connectivity index (χ0) is 13.2. The molecule has 0 saturated carbocycles. The molecule has 2 heterocycles. The van der Waals surface area contributed by atoms with Crippen LogP contribution < -0.4 is 5.32 Å². The van der Waals surface area contributed by atoms with Gasteiger partial charge in [0, 0.05) is 22.7 Å². The van der Waals surface area contributed by atoms with Crippen LogP contribution in [0.1, 0.15) is 10.4 Å². The molecule has 2 N–H and O–H groups in total. The van der Waals surface area contributed by atoms with Gasteiger partial charge >= 0.3 is 0 Å². The molecule has 3 rings (SSSR count). The Kier molecular flexibility index (Phi) is 2.72. The van der Waals surface area contributed by atoms with E-state index in [2.05, 4.69) is 15.3 Å². The van der Waals surface area contributed by atoms with Gasteiger partial charge in [-0.25, -0.2) is 4.98 Å². The number of aromatic amines is 1. The quantitative estimate of drug-likeness (QED) is 0.692. The van der Waals surface area contributed by atoms with Crippen LogP contribution in [-0.2, 0) is 0 Å². The molecule has 94 valence electrons. The Balaban J connectivity index is 1.92. The van der Waals surface area contributed by atoms with Crippen LogP contribution in [0, 0.1) is 5.95 Å². The van der Waals surface area contributed by atoms with Crippen LogP contribution in [0.25, 0.3) is 10.9 Å². The highest BCUT2D eigenvalue weighted by atomic mass is 19.1. The van der Waals surface area contributed by atoms with E-state index in [1.807, 2.05) is 12.1 Å². The highest BCUT2D eigenvalue weighted by Gasteiger charge is 2.10. The predicted molar refractivity (Wildman–Crippen MR) is 70.4 cm³/mol. The largest absolute Gasteiger partial charge is 0.361 e. The average molecular weight is 255 g/mol. The average Bonchev–Trinajstić information content (AvgIpc) is 2.89. The number of hydrogen-bond donors (Lipinski definition) is 2. The smallest absolute Gasteiger partial charge is 0.256 e. The van der Waals surface area contributed by atoms with Crippen LogP contribution >= 0.6 is 0 Å². The standard InChI is InChI=1S/C14H10FN3O/c15-13-5-4-9(8-17-13)18-14(19)11-2-1-3-12-10(11)6-7-16-12/h1-8,16H,(H,18,19). The van der Waals surface area contributed by atoms with Gasteiger partial charge in [-0.2, -0.15) is 4.39 Å². The van der Waals surface area contributed by atoms with E-state index in [0.29, 0.717) is 11.3 Å². The first-order valence-electron chi connectivity index (χ1n) is 5.73. The second kappa shape index (κ2) is 4.53. The number of carbonyl (C=O) groups is 1. The number of nitrogens with one attached hydrogen (secondary N) is 2. The molecule has 0 bridgehead atoms. The Morgan fingerprint density at radius 3 is 2.89 bits per heavy atom. The van der Waals surface area contributed by atoms with Crippen molar-refractivity contribution in [3.8, 4) is 0 Å². The number of hydrogen-bond acceptors (Lipinski definition) is 2. The molecule has 0 atom stereocenters. The van der Waals surface area contributed by atoms with Gasteiger partial charge in [0.05, 0.1) is 11.9 Å². The van der Waals surface area contributed by atoms with E-state index in [9.17, 15) is 9.18 Å². The molecule has 1 aromatic carbocycles. The maximum atomic E-state index is 12.7. The first-order chi connectivity index (χ1) is 9.24. The van der Waals surface area contributed by atoms with Gasteiger partial charge < -0.3 is 10.3 Å². The Hall–Kier alpha value is -2.69. The molecule has 0 saturated heterocycles. The minimum Gasteiger partial charge on any atom is -0.361 e. The molecule has 0 aliphatic heterocycles. The summed E-state index contributed by atoms with van der Waals surface area (Å²) in [7, 11) is 0. The first-order valence-corrected chi connectivity index (χ1v) is 5.73. The number of H-pyrrole nitrogens is 1. The van der Waals surface area contributed by atoms with Gasteiger partial charge in [-0.15, -0.1) is 0 Å². The van der Waals surface area contributed by atoms with E-state index in [1.54, 1.807) is 18.3 Å². The van der Waals surface area contributed by atoms with E-state index in [-0.39, 0.29) is 5.91 Å². The van der Waals surface area contributed by atoms with Gasteiger partial charge in [-0.1, -0.05) is 6.07 Å². The SMILES string of the molecule is O=C(Nc1ccc(F)nc1)c1cccc2[nH]ccc12. The van der Waals surface area contributed by atoms with Crippen molar-refractivity contribution in [3.63, 3.8) is 0 Å². The second-order valence-electron chi connectivity index (χ2n) is 4.07. The van der Waals surface area contributed by atoms with E-state index in [0.717, 1.165) is 10.9 Å². The molecule has 4 nitrogen and oxygen atoms in total. The number of benzene rings is 1. The van der Waals surface area contributed by atoms with Gasteiger partial charge in [0.2, 0.25) is 5.95 Å². The lowest BCUT2D eigenvalue weighted by atomic mass is 10.1. The summed E-state index contributed by atoms with van der Waals surface area (Å²) in [5, 5.41) is 3.53. The van der Waals surface area contributed by atoms with Crippen molar-refractivity contribution in [1.29, 1.82) is 0 Å². The van der Waals surface area contributed by atoms with Crippen LogP contribution in [0.15, 0.2) is 48.8 Å². The normalized spacial score (nSPS) is 10.6. The van der Waals surface area contributed by atoms with Gasteiger partial charge in [-0.3, -0.25) is 4.79 Å². The van der Waals surface area contributed by atoms with Crippen molar-refractivity contribution in [3.05, 3.63) is 60.3 Å². The summed E-state index contributed by atoms with van der Waals surface area (Å²) >= 11 is 0. The van der Waals surface area contributed by atoms with E-state index >= 15 is 0 Å². The van der Waals surface area contributed by atoms with Crippen molar-refractivity contribution >= 4 is 22.5 Å². The third-order valence-electron chi connectivity index (χ3n) is 2.82. The molecule has 0 fully saturated rings. The highest BCUT2D eigenvalue weighted by molar-refractivity contribution is 6.12. The summed E-state index contributed by atoms with van der Waals surface area (Å²) < 4.78 is 12.7. The highest BCUT2D eigenvalue weighted by Crippen LogP contribution is 2.18. The lowest BCUT2D eigenvalue weighted by Crippen LogP contribution is -2.12. The minimum absolute atomic E-state index is 0.251. The van der Waals surface area contributed by atoms with Gasteiger partial charge in [0.1, 0.15) is 0 Å². The molecule has 0 aliphatic carbocycles. The maximum absolute atomic E-state index is 12.7. The molecule has 3 aromatic rings. The fourth-order valence-corrected chi connectivity index (χ4v) is 1.93. The Labute approximate surface area is 108 Å². The number of pyridine rings is 1. The molecule has 19 heavy (non-hydrogen) atoms. The lowest BCUT2D eigenvalue weighted by molar-refractivity contribution is 0.102. The van der Waals surface area contributed by atoms with Crippen molar-refractivity contribution in [2.45, 2.75) is 0 Å². The third kappa shape index (κ3) is 2.18. The Bertz CT molecular complexity index is 734. The van der Waals surface area contributed by atoms with Gasteiger partial charge in [0.25, 0.3) is 5.91 Å². The third-order valence-corrected chi connectivity index (χ3v) is 2.82. The number of fused-ring (bicyclic) bond motifs is 1.